The van der Waals surface area contributed by atoms with Crippen molar-refractivity contribution in [2.75, 3.05) is 32.8 Å². The lowest BCUT2D eigenvalue weighted by Gasteiger charge is -2.27. The van der Waals surface area contributed by atoms with Crippen LogP contribution < -0.4 is 4.74 Å². The number of aromatic nitrogens is 2. The van der Waals surface area contributed by atoms with E-state index >= 15 is 0 Å². The summed E-state index contributed by atoms with van der Waals surface area (Å²) >= 11 is 0. The molecule has 1 unspecified atom stereocenters. The van der Waals surface area contributed by atoms with E-state index in [4.69, 9.17) is 4.74 Å². The number of hydrogen-bond acceptors (Lipinski definition) is 6. The summed E-state index contributed by atoms with van der Waals surface area (Å²) in [4.78, 5) is 35.4. The second-order valence-corrected chi connectivity index (χ2v) is 9.48. The normalized spacial score (nSPS) is 17.1. The standard InChI is InChI=1S/C30H36N4O4/c1-6-18-38-23-14-9-13-22(19-23)26-24(28(36)30(37)34(26)17-11-15-32(7-2)8-3)27(35)25-21(5)33-16-10-12-20(4)29(33)31-25/h6,9-10,12-14,16,19,26,35H,1,7-8,11,15,17-18H2,2-5H3/b27-24+. The van der Waals surface area contributed by atoms with Crippen molar-refractivity contribution in [3.05, 3.63) is 83.3 Å². The lowest BCUT2D eigenvalue weighted by molar-refractivity contribution is -0.140. The first-order valence-corrected chi connectivity index (χ1v) is 13.1. The summed E-state index contributed by atoms with van der Waals surface area (Å²) in [5, 5.41) is 11.6. The molecule has 8 nitrogen and oxygen atoms in total. The van der Waals surface area contributed by atoms with E-state index in [1.54, 1.807) is 11.0 Å². The molecule has 3 aromatic rings. The van der Waals surface area contributed by atoms with E-state index in [0.29, 0.717) is 47.9 Å². The zero-order valence-electron chi connectivity index (χ0n) is 22.6. The number of aliphatic hydroxyl groups is 1. The van der Waals surface area contributed by atoms with Gasteiger partial charge in [0.05, 0.1) is 17.3 Å². The Balaban J connectivity index is 1.82. The number of likely N-dealkylation sites (tertiary alicyclic amines) is 1. The molecule has 0 spiro atoms. The summed E-state index contributed by atoms with van der Waals surface area (Å²) in [5.74, 6) is -1.000. The molecule has 4 rings (SSSR count). The molecule has 0 aliphatic carbocycles. The highest BCUT2D eigenvalue weighted by Gasteiger charge is 2.46. The number of imidazole rings is 1. The van der Waals surface area contributed by atoms with Crippen LogP contribution in [0, 0.1) is 13.8 Å². The van der Waals surface area contributed by atoms with Gasteiger partial charge in [-0.1, -0.05) is 44.7 Å². The Hall–Kier alpha value is -3.91. The number of ketones is 1. The first-order chi connectivity index (χ1) is 18.3. The zero-order chi connectivity index (χ0) is 27.4. The van der Waals surface area contributed by atoms with Gasteiger partial charge < -0.3 is 24.0 Å². The van der Waals surface area contributed by atoms with Gasteiger partial charge in [-0.05, 0) is 69.2 Å². The molecule has 2 aromatic heterocycles. The van der Waals surface area contributed by atoms with Gasteiger partial charge in [-0.3, -0.25) is 9.59 Å². The van der Waals surface area contributed by atoms with Crippen LogP contribution in [0.5, 0.6) is 5.75 Å². The quantitative estimate of drug-likeness (QED) is 0.173. The predicted molar refractivity (Wildman–Crippen MR) is 148 cm³/mol. The zero-order valence-corrected chi connectivity index (χ0v) is 22.6. The Bertz CT molecular complexity index is 1390. The van der Waals surface area contributed by atoms with Crippen LogP contribution in [-0.4, -0.2) is 68.8 Å². The van der Waals surface area contributed by atoms with Crippen molar-refractivity contribution in [1.82, 2.24) is 19.2 Å². The summed E-state index contributed by atoms with van der Waals surface area (Å²) < 4.78 is 7.61. The number of carbonyl (C=O) groups excluding carboxylic acids is 2. The van der Waals surface area contributed by atoms with Crippen molar-refractivity contribution in [3.63, 3.8) is 0 Å². The Kier molecular flexibility index (Phi) is 8.32. The minimum absolute atomic E-state index is 0.0443. The highest BCUT2D eigenvalue weighted by Crippen LogP contribution is 2.40. The number of aryl methyl sites for hydroxylation is 2. The van der Waals surface area contributed by atoms with E-state index in [-0.39, 0.29) is 11.3 Å². The third-order valence-corrected chi connectivity index (χ3v) is 7.16. The van der Waals surface area contributed by atoms with Crippen LogP contribution in [0.2, 0.25) is 0 Å². The molecule has 3 heterocycles. The van der Waals surface area contributed by atoms with Crippen LogP contribution in [0.3, 0.4) is 0 Å². The van der Waals surface area contributed by atoms with Crippen LogP contribution in [0.15, 0.2) is 60.8 Å². The molecule has 200 valence electrons. The molecule has 1 amide bonds. The van der Waals surface area contributed by atoms with Gasteiger partial charge in [0, 0.05) is 12.7 Å². The first kappa shape index (κ1) is 27.1. The SMILES string of the molecule is C=CCOc1cccc(C2/C(=C(\O)c3nc4c(C)cccn4c3C)C(=O)C(=O)N2CCCN(CC)CC)c1. The maximum absolute atomic E-state index is 13.5. The van der Waals surface area contributed by atoms with Gasteiger partial charge in [0.1, 0.15) is 23.7 Å². The van der Waals surface area contributed by atoms with Crippen molar-refractivity contribution >= 4 is 23.1 Å². The Morgan fingerprint density at radius 1 is 1.18 bits per heavy atom. The molecule has 1 N–H and O–H groups in total. The summed E-state index contributed by atoms with van der Waals surface area (Å²) in [5.41, 5.74) is 3.35. The van der Waals surface area contributed by atoms with Crippen molar-refractivity contribution in [3.8, 4) is 5.75 Å². The second kappa shape index (κ2) is 11.6. The van der Waals surface area contributed by atoms with Gasteiger partial charge in [0.25, 0.3) is 11.7 Å². The van der Waals surface area contributed by atoms with Crippen LogP contribution in [0.1, 0.15) is 48.8 Å². The molecule has 1 aliphatic heterocycles. The van der Waals surface area contributed by atoms with E-state index in [1.807, 2.05) is 60.8 Å². The lowest BCUT2D eigenvalue weighted by Crippen LogP contribution is -2.33. The molecule has 0 radical (unpaired) electrons. The number of carbonyl (C=O) groups is 2. The van der Waals surface area contributed by atoms with Gasteiger partial charge >= 0.3 is 0 Å². The summed E-state index contributed by atoms with van der Waals surface area (Å²) in [6.07, 6.45) is 4.22. The molecule has 1 aliphatic rings. The Morgan fingerprint density at radius 3 is 2.63 bits per heavy atom. The number of pyridine rings is 1. The second-order valence-electron chi connectivity index (χ2n) is 9.48. The van der Waals surface area contributed by atoms with Crippen LogP contribution >= 0.6 is 0 Å². The van der Waals surface area contributed by atoms with E-state index in [9.17, 15) is 14.7 Å². The highest BCUT2D eigenvalue weighted by atomic mass is 16.5. The fraction of sp³-hybridized carbons (Fsp3) is 0.367. The van der Waals surface area contributed by atoms with Crippen molar-refractivity contribution < 1.29 is 19.4 Å². The molecule has 1 atom stereocenters. The van der Waals surface area contributed by atoms with Crippen molar-refractivity contribution in [1.29, 1.82) is 0 Å². The third kappa shape index (κ3) is 5.09. The van der Waals surface area contributed by atoms with Crippen molar-refractivity contribution in [2.45, 2.75) is 40.2 Å². The van der Waals surface area contributed by atoms with Crippen LogP contribution in [0.25, 0.3) is 11.4 Å². The summed E-state index contributed by atoms with van der Waals surface area (Å²) in [6.45, 7) is 15.0. The van der Waals surface area contributed by atoms with E-state index < -0.39 is 17.7 Å². The monoisotopic (exact) mass is 516 g/mol. The van der Waals surface area contributed by atoms with Gasteiger partial charge in [-0.2, -0.15) is 0 Å². The number of nitrogens with zero attached hydrogens (tertiary/aromatic N) is 4. The number of aliphatic hydroxyl groups excluding tert-OH is 1. The van der Waals surface area contributed by atoms with E-state index in [2.05, 4.69) is 30.3 Å². The molecule has 1 saturated heterocycles. The summed E-state index contributed by atoms with van der Waals surface area (Å²) in [6, 6.07) is 10.4. The lowest BCUT2D eigenvalue weighted by atomic mass is 9.96. The largest absolute Gasteiger partial charge is 0.505 e. The highest BCUT2D eigenvalue weighted by molar-refractivity contribution is 6.46. The molecule has 8 heteroatoms. The minimum atomic E-state index is -0.760. The molecular weight excluding hydrogens is 480 g/mol. The number of fused-ring (bicyclic) bond motifs is 1. The number of benzene rings is 1. The van der Waals surface area contributed by atoms with Crippen LogP contribution in [-0.2, 0) is 9.59 Å². The first-order valence-electron chi connectivity index (χ1n) is 13.1. The smallest absolute Gasteiger partial charge is 0.295 e. The van der Waals surface area contributed by atoms with Gasteiger partial charge in [0.2, 0.25) is 0 Å². The van der Waals surface area contributed by atoms with E-state index in [0.717, 1.165) is 25.2 Å². The molecular formula is C30H36N4O4. The molecule has 0 saturated carbocycles. The molecule has 1 aromatic carbocycles. The molecule has 0 bridgehead atoms. The number of ether oxygens (including phenoxy) is 1. The van der Waals surface area contributed by atoms with Crippen molar-refractivity contribution in [2.24, 2.45) is 0 Å². The number of rotatable bonds is 11. The Labute approximate surface area is 223 Å². The molecule has 1 fully saturated rings. The van der Waals surface area contributed by atoms with E-state index in [1.165, 1.54) is 0 Å². The fourth-order valence-electron chi connectivity index (χ4n) is 5.07. The number of amides is 1. The average molecular weight is 517 g/mol. The summed E-state index contributed by atoms with van der Waals surface area (Å²) in [7, 11) is 0. The van der Waals surface area contributed by atoms with Crippen LogP contribution in [0.4, 0.5) is 0 Å². The maximum atomic E-state index is 13.5. The number of hydrogen-bond donors (Lipinski definition) is 1. The average Bonchev–Trinajstić information content (AvgIpc) is 3.39. The van der Waals surface area contributed by atoms with Gasteiger partial charge in [-0.25, -0.2) is 4.98 Å². The van der Waals surface area contributed by atoms with Gasteiger partial charge in [-0.15, -0.1) is 0 Å². The molecule has 38 heavy (non-hydrogen) atoms. The predicted octanol–water partition coefficient (Wildman–Crippen LogP) is 4.67. The van der Waals surface area contributed by atoms with Gasteiger partial charge in [0.15, 0.2) is 5.76 Å². The minimum Gasteiger partial charge on any atom is -0.505 e. The Morgan fingerprint density at radius 2 is 1.95 bits per heavy atom. The third-order valence-electron chi connectivity index (χ3n) is 7.16. The maximum Gasteiger partial charge on any atom is 0.295 e. The topological polar surface area (TPSA) is 87.4 Å². The number of Topliss-reactive ketones (excluding diaryl/α,β-unsaturated/α-hetero) is 1. The fourth-order valence-corrected chi connectivity index (χ4v) is 5.07.